The number of hydrogen-bond acceptors (Lipinski definition) is 2. The average Bonchev–Trinajstić information content (AvgIpc) is 2.03. The maximum atomic E-state index is 10.7. The molecule has 0 aliphatic carbocycles. The van der Waals surface area contributed by atoms with Crippen molar-refractivity contribution < 1.29 is 4.79 Å². The standard InChI is InChI=1S/C9H11BrN2O/c1-6(2-9(11)13)7-3-8(10)5-12-4-7/h3-6H,2H2,1H3,(H2,11,13)/t6-/m1/s1. The van der Waals surface area contributed by atoms with Crippen molar-refractivity contribution in [3.05, 3.63) is 28.5 Å². The fourth-order valence-electron chi connectivity index (χ4n) is 1.12. The second kappa shape index (κ2) is 4.37. The van der Waals surface area contributed by atoms with E-state index < -0.39 is 0 Å². The number of pyridine rings is 1. The molecule has 0 saturated heterocycles. The SMILES string of the molecule is C[C@H](CC(N)=O)c1cncc(Br)c1. The first-order valence-electron chi connectivity index (χ1n) is 3.98. The van der Waals surface area contributed by atoms with Crippen LogP contribution in [0.5, 0.6) is 0 Å². The predicted octanol–water partition coefficient (Wildman–Crippen LogP) is 1.82. The van der Waals surface area contributed by atoms with Gasteiger partial charge >= 0.3 is 0 Å². The summed E-state index contributed by atoms with van der Waals surface area (Å²) in [6.07, 6.45) is 3.82. The summed E-state index contributed by atoms with van der Waals surface area (Å²) in [5, 5.41) is 0. The summed E-state index contributed by atoms with van der Waals surface area (Å²) in [6, 6.07) is 1.95. The molecule has 0 fully saturated rings. The Bertz CT molecular complexity index is 314. The molecular formula is C9H11BrN2O. The number of primary amides is 1. The van der Waals surface area contributed by atoms with Crippen molar-refractivity contribution in [2.75, 3.05) is 0 Å². The molecule has 4 heteroatoms. The summed E-state index contributed by atoms with van der Waals surface area (Å²) >= 11 is 3.32. The van der Waals surface area contributed by atoms with Crippen molar-refractivity contribution in [3.63, 3.8) is 0 Å². The Hall–Kier alpha value is -0.900. The lowest BCUT2D eigenvalue weighted by Crippen LogP contribution is -2.13. The predicted molar refractivity (Wildman–Crippen MR) is 54.2 cm³/mol. The minimum Gasteiger partial charge on any atom is -0.370 e. The molecule has 0 aromatic carbocycles. The van der Waals surface area contributed by atoms with Crippen molar-refractivity contribution in [3.8, 4) is 0 Å². The van der Waals surface area contributed by atoms with Crippen LogP contribution in [0.3, 0.4) is 0 Å². The highest BCUT2D eigenvalue weighted by Gasteiger charge is 2.08. The Kier molecular flexibility index (Phi) is 3.42. The summed E-state index contributed by atoms with van der Waals surface area (Å²) < 4.78 is 0.918. The van der Waals surface area contributed by atoms with Crippen LogP contribution < -0.4 is 5.73 Å². The molecule has 2 N–H and O–H groups in total. The molecule has 70 valence electrons. The topological polar surface area (TPSA) is 56.0 Å². The average molecular weight is 243 g/mol. The first kappa shape index (κ1) is 10.2. The number of carbonyl (C=O) groups excluding carboxylic acids is 1. The molecule has 0 aliphatic rings. The number of carbonyl (C=O) groups is 1. The molecule has 13 heavy (non-hydrogen) atoms. The van der Waals surface area contributed by atoms with Gasteiger partial charge in [0, 0.05) is 23.3 Å². The molecule has 3 nitrogen and oxygen atoms in total. The third-order valence-electron chi connectivity index (χ3n) is 1.80. The van der Waals surface area contributed by atoms with E-state index >= 15 is 0 Å². The number of nitrogens with two attached hydrogens (primary N) is 1. The highest BCUT2D eigenvalue weighted by molar-refractivity contribution is 9.10. The molecule has 1 aromatic rings. The highest BCUT2D eigenvalue weighted by atomic mass is 79.9. The van der Waals surface area contributed by atoms with Gasteiger partial charge in [0.25, 0.3) is 0 Å². The van der Waals surface area contributed by atoms with Crippen LogP contribution in [-0.2, 0) is 4.79 Å². The number of aromatic nitrogens is 1. The fraction of sp³-hybridized carbons (Fsp3) is 0.333. The first-order chi connectivity index (χ1) is 6.09. The van der Waals surface area contributed by atoms with Gasteiger partial charge in [0.05, 0.1) is 0 Å². The van der Waals surface area contributed by atoms with E-state index in [4.69, 9.17) is 5.73 Å². The second-order valence-corrected chi connectivity index (χ2v) is 3.92. The van der Waals surface area contributed by atoms with Crippen LogP contribution in [-0.4, -0.2) is 10.9 Å². The third-order valence-corrected chi connectivity index (χ3v) is 2.24. The molecule has 0 unspecified atom stereocenters. The quantitative estimate of drug-likeness (QED) is 0.880. The summed E-state index contributed by atoms with van der Waals surface area (Å²) in [6.45, 7) is 1.95. The van der Waals surface area contributed by atoms with Gasteiger partial charge in [0.15, 0.2) is 0 Å². The Labute approximate surface area is 85.5 Å². The van der Waals surface area contributed by atoms with Crippen molar-refractivity contribution in [1.82, 2.24) is 4.98 Å². The number of hydrogen-bond donors (Lipinski definition) is 1. The highest BCUT2D eigenvalue weighted by Crippen LogP contribution is 2.20. The van der Waals surface area contributed by atoms with Gasteiger partial charge < -0.3 is 5.73 Å². The molecule has 1 atom stereocenters. The van der Waals surface area contributed by atoms with Crippen LogP contribution >= 0.6 is 15.9 Å². The second-order valence-electron chi connectivity index (χ2n) is 3.01. The van der Waals surface area contributed by atoms with Gasteiger partial charge in [-0.05, 0) is 33.5 Å². The normalized spacial score (nSPS) is 12.5. The van der Waals surface area contributed by atoms with Crippen LogP contribution in [0.4, 0.5) is 0 Å². The van der Waals surface area contributed by atoms with E-state index in [0.717, 1.165) is 10.0 Å². The third kappa shape index (κ3) is 3.14. The van der Waals surface area contributed by atoms with Gasteiger partial charge in [-0.25, -0.2) is 0 Å². The van der Waals surface area contributed by atoms with Gasteiger partial charge in [-0.15, -0.1) is 0 Å². The lowest BCUT2D eigenvalue weighted by Gasteiger charge is -2.08. The van der Waals surface area contributed by atoms with Gasteiger partial charge in [0.1, 0.15) is 0 Å². The maximum absolute atomic E-state index is 10.7. The molecule has 1 rings (SSSR count). The monoisotopic (exact) mass is 242 g/mol. The van der Waals surface area contributed by atoms with Crippen molar-refractivity contribution in [2.45, 2.75) is 19.3 Å². The Balaban J connectivity index is 2.76. The Morgan fingerprint density at radius 2 is 2.38 bits per heavy atom. The van der Waals surface area contributed by atoms with Gasteiger partial charge in [-0.2, -0.15) is 0 Å². The van der Waals surface area contributed by atoms with Crippen LogP contribution in [0.1, 0.15) is 24.8 Å². The molecule has 0 bridgehead atoms. The minimum atomic E-state index is -0.285. The largest absolute Gasteiger partial charge is 0.370 e. The smallest absolute Gasteiger partial charge is 0.218 e. The summed E-state index contributed by atoms with van der Waals surface area (Å²) in [7, 11) is 0. The molecule has 1 aromatic heterocycles. The zero-order valence-electron chi connectivity index (χ0n) is 7.33. The minimum absolute atomic E-state index is 0.127. The summed E-state index contributed by atoms with van der Waals surface area (Å²) in [5.41, 5.74) is 6.12. The van der Waals surface area contributed by atoms with E-state index in [9.17, 15) is 4.79 Å². The van der Waals surface area contributed by atoms with E-state index in [1.807, 2.05) is 13.0 Å². The van der Waals surface area contributed by atoms with E-state index in [1.165, 1.54) is 0 Å². The van der Waals surface area contributed by atoms with Crippen LogP contribution in [0.2, 0.25) is 0 Å². The molecule has 0 spiro atoms. The van der Waals surface area contributed by atoms with E-state index in [-0.39, 0.29) is 11.8 Å². The fourth-order valence-corrected chi connectivity index (χ4v) is 1.50. The summed E-state index contributed by atoms with van der Waals surface area (Å²) in [4.78, 5) is 14.7. The van der Waals surface area contributed by atoms with Crippen molar-refractivity contribution in [2.24, 2.45) is 5.73 Å². The number of amides is 1. The van der Waals surface area contributed by atoms with E-state index in [2.05, 4.69) is 20.9 Å². The van der Waals surface area contributed by atoms with Crippen LogP contribution in [0.15, 0.2) is 22.9 Å². The lowest BCUT2D eigenvalue weighted by atomic mass is 10.00. The number of nitrogens with zero attached hydrogens (tertiary/aromatic N) is 1. The van der Waals surface area contributed by atoms with Crippen LogP contribution in [0, 0.1) is 0 Å². The molecule has 0 aliphatic heterocycles. The van der Waals surface area contributed by atoms with Crippen molar-refractivity contribution in [1.29, 1.82) is 0 Å². The van der Waals surface area contributed by atoms with Gasteiger partial charge in [0.2, 0.25) is 5.91 Å². The van der Waals surface area contributed by atoms with Gasteiger partial charge in [-0.3, -0.25) is 9.78 Å². The summed E-state index contributed by atoms with van der Waals surface area (Å²) in [5.74, 6) is -0.157. The molecule has 0 saturated carbocycles. The maximum Gasteiger partial charge on any atom is 0.218 e. The molecule has 0 radical (unpaired) electrons. The van der Waals surface area contributed by atoms with E-state index in [0.29, 0.717) is 6.42 Å². The molecular weight excluding hydrogens is 232 g/mol. The first-order valence-corrected chi connectivity index (χ1v) is 4.77. The molecule has 1 amide bonds. The Morgan fingerprint density at radius 3 is 2.92 bits per heavy atom. The Morgan fingerprint density at radius 1 is 1.69 bits per heavy atom. The van der Waals surface area contributed by atoms with E-state index in [1.54, 1.807) is 12.4 Å². The molecule has 1 heterocycles. The zero-order chi connectivity index (χ0) is 9.84. The van der Waals surface area contributed by atoms with Crippen molar-refractivity contribution >= 4 is 21.8 Å². The lowest BCUT2D eigenvalue weighted by molar-refractivity contribution is -0.118. The van der Waals surface area contributed by atoms with Gasteiger partial charge in [-0.1, -0.05) is 6.92 Å². The number of rotatable bonds is 3. The number of halogens is 1. The zero-order valence-corrected chi connectivity index (χ0v) is 8.91. The van der Waals surface area contributed by atoms with Crippen LogP contribution in [0.25, 0.3) is 0 Å².